The maximum absolute atomic E-state index is 5.25. The lowest BCUT2D eigenvalue weighted by molar-refractivity contribution is 0.657. The van der Waals surface area contributed by atoms with Gasteiger partial charge in [-0.15, -0.1) is 11.3 Å². The van der Waals surface area contributed by atoms with Gasteiger partial charge in [0, 0.05) is 17.9 Å². The second-order valence-corrected chi connectivity index (χ2v) is 11.6. The van der Waals surface area contributed by atoms with E-state index in [1.54, 1.807) is 11.3 Å². The summed E-state index contributed by atoms with van der Waals surface area (Å²) in [6.45, 7) is 4.59. The molecule has 2 nitrogen and oxygen atoms in total. The van der Waals surface area contributed by atoms with Crippen molar-refractivity contribution < 1.29 is 0 Å². The van der Waals surface area contributed by atoms with Crippen molar-refractivity contribution in [2.75, 3.05) is 0 Å². The van der Waals surface area contributed by atoms with Crippen molar-refractivity contribution in [2.45, 2.75) is 45.4 Å². The number of aromatic nitrogens is 2. The van der Waals surface area contributed by atoms with Crippen molar-refractivity contribution in [2.24, 2.45) is 5.92 Å². The standard InChI is InChI=1S/C34H28N2S/c1-21-8-7-13-29-32(21)36-34-30(18-23-14-15-24-9-3-4-11-26(24)17-23)37-31(33(34)35-29)20-28-19-27-12-6-5-10-25(27)16-22(28)2/h3-4,7,9,11,13-15,17-22H,5,8,10,16H2,1-2H3/b30-18-,31-20-. The Bertz CT molecular complexity index is 1870. The van der Waals surface area contributed by atoms with Crippen LogP contribution in [0.4, 0.5) is 0 Å². The normalized spacial score (nSPS) is 21.6. The zero-order valence-electron chi connectivity index (χ0n) is 21.2. The maximum atomic E-state index is 5.25. The topological polar surface area (TPSA) is 25.8 Å². The second-order valence-electron chi connectivity index (χ2n) is 10.5. The molecule has 180 valence electrons. The van der Waals surface area contributed by atoms with Gasteiger partial charge < -0.3 is 0 Å². The lowest BCUT2D eigenvalue weighted by Crippen LogP contribution is -2.11. The summed E-state index contributed by atoms with van der Waals surface area (Å²) in [4.78, 5) is 10.4. The molecule has 2 unspecified atom stereocenters. The van der Waals surface area contributed by atoms with Gasteiger partial charge in [0.1, 0.15) is 11.0 Å². The van der Waals surface area contributed by atoms with E-state index in [-0.39, 0.29) is 0 Å². The van der Waals surface area contributed by atoms with Crippen LogP contribution in [0.2, 0.25) is 0 Å². The molecule has 37 heavy (non-hydrogen) atoms. The Balaban J connectivity index is 1.46. The molecule has 0 saturated carbocycles. The highest BCUT2D eigenvalue weighted by Gasteiger charge is 2.21. The molecule has 0 aliphatic heterocycles. The van der Waals surface area contributed by atoms with Crippen molar-refractivity contribution in [3.63, 3.8) is 0 Å². The number of allylic oxidation sites excluding steroid dienone is 5. The molecule has 0 N–H and O–H groups in total. The summed E-state index contributed by atoms with van der Waals surface area (Å²) in [5, 5.41) is 2.52. The third-order valence-electron chi connectivity index (χ3n) is 7.83. The molecular weight excluding hydrogens is 468 g/mol. The van der Waals surface area contributed by atoms with Crippen LogP contribution in [0, 0.1) is 17.8 Å². The van der Waals surface area contributed by atoms with Crippen LogP contribution in [-0.4, -0.2) is 9.97 Å². The van der Waals surface area contributed by atoms with Crippen molar-refractivity contribution in [1.29, 1.82) is 0 Å². The number of nitrogens with zero attached hydrogens (tertiary/aromatic N) is 2. The van der Waals surface area contributed by atoms with E-state index in [2.05, 4.69) is 98.5 Å². The predicted molar refractivity (Wildman–Crippen MR) is 157 cm³/mol. The molecule has 0 fully saturated rings. The van der Waals surface area contributed by atoms with Crippen LogP contribution in [-0.2, 0) is 0 Å². The summed E-state index contributed by atoms with van der Waals surface area (Å²) in [5.41, 5.74) is 9.47. The minimum Gasteiger partial charge on any atom is -0.247 e. The molecule has 0 saturated heterocycles. The molecule has 2 aromatic carbocycles. The van der Waals surface area contributed by atoms with Gasteiger partial charge >= 0.3 is 0 Å². The van der Waals surface area contributed by atoms with Crippen LogP contribution < -0.4 is 9.06 Å². The van der Waals surface area contributed by atoms with E-state index < -0.39 is 0 Å². The second kappa shape index (κ2) is 8.98. The molecule has 0 spiro atoms. The molecule has 3 heteroatoms. The molecule has 7 rings (SSSR count). The molecule has 3 aliphatic rings. The minimum atomic E-state index is 0.383. The van der Waals surface area contributed by atoms with Gasteiger partial charge in [0.2, 0.25) is 0 Å². The van der Waals surface area contributed by atoms with Gasteiger partial charge in [-0.25, -0.2) is 9.97 Å². The largest absolute Gasteiger partial charge is 0.247 e. The monoisotopic (exact) mass is 496 g/mol. The van der Waals surface area contributed by atoms with Crippen LogP contribution in [0.15, 0.2) is 71.3 Å². The first kappa shape index (κ1) is 22.5. The molecule has 3 aliphatic carbocycles. The Morgan fingerprint density at radius 2 is 1.78 bits per heavy atom. The fraction of sp³-hybridized carbons (Fsp3) is 0.235. The first-order chi connectivity index (χ1) is 18.1. The van der Waals surface area contributed by atoms with E-state index in [0.717, 1.165) is 48.1 Å². The molecule has 0 radical (unpaired) electrons. The third-order valence-corrected chi connectivity index (χ3v) is 8.89. The molecule has 0 bridgehead atoms. The quantitative estimate of drug-likeness (QED) is 0.278. The highest BCUT2D eigenvalue weighted by molar-refractivity contribution is 7.09. The summed E-state index contributed by atoms with van der Waals surface area (Å²) >= 11 is 1.80. The van der Waals surface area contributed by atoms with Crippen molar-refractivity contribution >= 4 is 51.4 Å². The molecular formula is C34H28N2S. The fourth-order valence-electron chi connectivity index (χ4n) is 5.72. The zero-order valence-corrected chi connectivity index (χ0v) is 22.0. The summed E-state index contributed by atoms with van der Waals surface area (Å²) < 4.78 is 2.37. The van der Waals surface area contributed by atoms with Crippen LogP contribution in [0.5, 0.6) is 0 Å². The van der Waals surface area contributed by atoms with Gasteiger partial charge in [0.05, 0.1) is 20.5 Å². The smallest absolute Gasteiger partial charge is 0.108 e. The summed E-state index contributed by atoms with van der Waals surface area (Å²) in [7, 11) is 0. The van der Waals surface area contributed by atoms with Gasteiger partial charge in [0.25, 0.3) is 0 Å². The summed E-state index contributed by atoms with van der Waals surface area (Å²) in [6, 6.07) is 15.2. The third kappa shape index (κ3) is 4.06. The Morgan fingerprint density at radius 3 is 2.70 bits per heavy atom. The van der Waals surface area contributed by atoms with E-state index in [4.69, 9.17) is 9.97 Å². The van der Waals surface area contributed by atoms with Gasteiger partial charge in [-0.2, -0.15) is 0 Å². The highest BCUT2D eigenvalue weighted by Crippen LogP contribution is 2.34. The van der Waals surface area contributed by atoms with Gasteiger partial charge in [-0.3, -0.25) is 0 Å². The van der Waals surface area contributed by atoms with Crippen LogP contribution in [0.25, 0.3) is 40.0 Å². The SMILES string of the molecule is CC1CC2=C(C#CCC2)C=C1/C=c1\s/c(=C\c2ccc3ccccc3c2)c2nc3c(nc12)C=CCC3C. The van der Waals surface area contributed by atoms with Crippen molar-refractivity contribution in [3.8, 4) is 11.8 Å². The van der Waals surface area contributed by atoms with Crippen molar-refractivity contribution in [1.82, 2.24) is 9.97 Å². The number of benzene rings is 2. The van der Waals surface area contributed by atoms with Gasteiger partial charge in [-0.1, -0.05) is 73.7 Å². The molecule has 2 heterocycles. The lowest BCUT2D eigenvalue weighted by Gasteiger charge is -2.23. The number of hydrogen-bond acceptors (Lipinski definition) is 3. The molecule has 0 amide bonds. The maximum Gasteiger partial charge on any atom is 0.108 e. The van der Waals surface area contributed by atoms with E-state index in [1.807, 2.05) is 0 Å². The molecule has 4 aromatic rings. The van der Waals surface area contributed by atoms with Crippen LogP contribution in [0.1, 0.15) is 62.4 Å². The number of thiophene rings is 1. The fourth-order valence-corrected chi connectivity index (χ4v) is 6.83. The van der Waals surface area contributed by atoms with E-state index >= 15 is 0 Å². The zero-order chi connectivity index (χ0) is 24.9. The van der Waals surface area contributed by atoms with Gasteiger partial charge in [0.15, 0.2) is 0 Å². The van der Waals surface area contributed by atoms with E-state index in [9.17, 15) is 0 Å². The van der Waals surface area contributed by atoms with Crippen molar-refractivity contribution in [3.05, 3.63) is 97.4 Å². The number of hydrogen-bond donors (Lipinski definition) is 0. The first-order valence-corrected chi connectivity index (χ1v) is 14.1. The van der Waals surface area contributed by atoms with Crippen LogP contribution in [0.3, 0.4) is 0 Å². The van der Waals surface area contributed by atoms with Gasteiger partial charge in [-0.05, 0) is 77.5 Å². The predicted octanol–water partition coefficient (Wildman–Crippen LogP) is 7.03. The summed E-state index contributed by atoms with van der Waals surface area (Å²) in [6.07, 6.45) is 15.6. The Labute approximate surface area is 221 Å². The average Bonchev–Trinajstić information content (AvgIpc) is 3.24. The number of fused-ring (bicyclic) bond motifs is 3. The molecule has 2 atom stereocenters. The minimum absolute atomic E-state index is 0.383. The Hall–Kier alpha value is -3.74. The van der Waals surface area contributed by atoms with Crippen LogP contribution >= 0.6 is 11.3 Å². The number of rotatable bonds is 2. The lowest BCUT2D eigenvalue weighted by atomic mass is 9.81. The highest BCUT2D eigenvalue weighted by atomic mass is 32.1. The van der Waals surface area contributed by atoms with E-state index in [0.29, 0.717) is 11.8 Å². The Kier molecular flexibility index (Phi) is 5.45. The average molecular weight is 497 g/mol. The molecule has 2 aromatic heterocycles. The first-order valence-electron chi connectivity index (χ1n) is 13.2. The van der Waals surface area contributed by atoms with E-state index in [1.165, 1.54) is 42.1 Å². The Morgan fingerprint density at radius 1 is 0.946 bits per heavy atom. The summed E-state index contributed by atoms with van der Waals surface area (Å²) in [5.74, 6) is 7.55.